The van der Waals surface area contributed by atoms with Crippen LogP contribution in [0.5, 0.6) is 11.5 Å². The summed E-state index contributed by atoms with van der Waals surface area (Å²) < 4.78 is 58.6. The molecule has 0 N–H and O–H groups in total. The lowest BCUT2D eigenvalue weighted by molar-refractivity contribution is -0.253. The lowest BCUT2D eigenvalue weighted by Crippen LogP contribution is -2.33. The van der Waals surface area contributed by atoms with Gasteiger partial charge in [-0.2, -0.15) is 17.6 Å². The normalized spacial score (nSPS) is 11.2. The zero-order valence-corrected chi connectivity index (χ0v) is 12.2. The van der Waals surface area contributed by atoms with E-state index in [1.54, 1.807) is 30.3 Å². The number of benzene rings is 2. The lowest BCUT2D eigenvalue weighted by atomic mass is 10.2. The molecule has 0 aliphatic carbocycles. The fourth-order valence-electron chi connectivity index (χ4n) is 1.70. The summed E-state index contributed by atoms with van der Waals surface area (Å²) in [5.41, 5.74) is 0.895. The minimum Gasteiger partial charge on any atom is -0.428 e. The molecule has 0 aliphatic heterocycles. The molecule has 0 aromatic heterocycles. The third-order valence-electron chi connectivity index (χ3n) is 2.92. The van der Waals surface area contributed by atoms with Crippen molar-refractivity contribution in [1.82, 2.24) is 0 Å². The molecule has 126 valence electrons. The van der Waals surface area contributed by atoms with Gasteiger partial charge >= 0.3 is 18.5 Å². The first kappa shape index (κ1) is 17.5. The molecule has 0 amide bonds. The van der Waals surface area contributed by atoms with E-state index in [2.05, 4.69) is 11.3 Å². The van der Waals surface area contributed by atoms with Gasteiger partial charge in [-0.05, 0) is 42.0 Å². The zero-order chi connectivity index (χ0) is 17.7. The fourth-order valence-corrected chi connectivity index (χ4v) is 1.70. The lowest BCUT2D eigenvalue weighted by Gasteiger charge is -2.16. The minimum atomic E-state index is -4.60. The second-order valence-corrected chi connectivity index (χ2v) is 4.65. The highest BCUT2D eigenvalue weighted by Gasteiger charge is 2.43. The van der Waals surface area contributed by atoms with Crippen LogP contribution in [-0.4, -0.2) is 18.5 Å². The molecule has 7 heteroatoms. The summed E-state index contributed by atoms with van der Waals surface area (Å²) in [4.78, 5) is 11.9. The van der Waals surface area contributed by atoms with Crippen LogP contribution in [0.4, 0.5) is 17.6 Å². The summed E-state index contributed by atoms with van der Waals surface area (Å²) in [6.45, 7) is 3.59. The molecule has 0 heterocycles. The van der Waals surface area contributed by atoms with E-state index in [0.717, 1.165) is 29.8 Å². The smallest absolute Gasteiger partial charge is 0.428 e. The second kappa shape index (κ2) is 7.16. The van der Waals surface area contributed by atoms with Gasteiger partial charge in [0.05, 0.1) is 5.56 Å². The third-order valence-corrected chi connectivity index (χ3v) is 2.92. The maximum Gasteiger partial charge on any atom is 0.461 e. The van der Waals surface area contributed by atoms with Crippen molar-refractivity contribution in [2.75, 3.05) is 0 Å². The number of ether oxygens (including phenoxy) is 2. The van der Waals surface area contributed by atoms with Gasteiger partial charge in [0.15, 0.2) is 0 Å². The van der Waals surface area contributed by atoms with Gasteiger partial charge in [-0.25, -0.2) is 4.79 Å². The molecule has 0 atom stereocenters. The van der Waals surface area contributed by atoms with Gasteiger partial charge in [-0.15, -0.1) is 0 Å². The van der Waals surface area contributed by atoms with Crippen LogP contribution in [0.3, 0.4) is 0 Å². The van der Waals surface area contributed by atoms with E-state index >= 15 is 0 Å². The largest absolute Gasteiger partial charge is 0.461 e. The summed E-state index contributed by atoms with van der Waals surface area (Å²) in [6, 6.07) is 10.7. The summed E-state index contributed by atoms with van der Waals surface area (Å²) in [7, 11) is 0. The Labute approximate surface area is 135 Å². The molecule has 0 saturated heterocycles. The number of hydrogen-bond acceptors (Lipinski definition) is 3. The molecule has 0 aliphatic rings. The number of alkyl halides is 4. The molecule has 24 heavy (non-hydrogen) atoms. The molecular weight excluding hydrogens is 328 g/mol. The van der Waals surface area contributed by atoms with Crippen LogP contribution >= 0.6 is 0 Å². The first-order chi connectivity index (χ1) is 11.3. The van der Waals surface area contributed by atoms with E-state index in [9.17, 15) is 22.4 Å². The van der Waals surface area contributed by atoms with Crippen molar-refractivity contribution >= 4 is 12.0 Å². The van der Waals surface area contributed by atoms with Crippen LogP contribution in [0.25, 0.3) is 6.08 Å². The van der Waals surface area contributed by atoms with Crippen molar-refractivity contribution in [3.8, 4) is 11.5 Å². The number of halogens is 4. The number of hydrogen-bond donors (Lipinski definition) is 0. The molecular formula is C17H12F4O3. The maximum absolute atomic E-state index is 12.8. The van der Waals surface area contributed by atoms with Crippen LogP contribution in [-0.2, 0) is 0 Å². The second-order valence-electron chi connectivity index (χ2n) is 4.65. The highest BCUT2D eigenvalue weighted by atomic mass is 19.3. The zero-order valence-electron chi connectivity index (χ0n) is 12.2. The first-order valence-electron chi connectivity index (χ1n) is 6.71. The van der Waals surface area contributed by atoms with Crippen LogP contribution in [0.2, 0.25) is 0 Å². The molecule has 0 radical (unpaired) electrons. The topological polar surface area (TPSA) is 35.5 Å². The van der Waals surface area contributed by atoms with Crippen LogP contribution in [0.1, 0.15) is 15.9 Å². The van der Waals surface area contributed by atoms with Crippen molar-refractivity contribution in [1.29, 1.82) is 0 Å². The molecule has 0 saturated carbocycles. The summed E-state index contributed by atoms with van der Waals surface area (Å²) in [5, 5.41) is 0. The highest BCUT2D eigenvalue weighted by molar-refractivity contribution is 5.91. The molecule has 2 rings (SSSR count). The fraction of sp³-hybridized carbons (Fsp3) is 0.118. The van der Waals surface area contributed by atoms with Crippen molar-refractivity contribution in [3.63, 3.8) is 0 Å². The Morgan fingerprint density at radius 1 is 1.00 bits per heavy atom. The Kier molecular flexibility index (Phi) is 5.23. The van der Waals surface area contributed by atoms with E-state index in [1.807, 2.05) is 0 Å². The van der Waals surface area contributed by atoms with Crippen molar-refractivity contribution in [3.05, 3.63) is 66.2 Å². The number of carbonyl (C=O) groups is 1. The Morgan fingerprint density at radius 2 is 1.54 bits per heavy atom. The van der Waals surface area contributed by atoms with Gasteiger partial charge in [0, 0.05) is 0 Å². The Balaban J connectivity index is 2.04. The monoisotopic (exact) mass is 340 g/mol. The Bertz CT molecular complexity index is 710. The molecule has 0 spiro atoms. The SMILES string of the molecule is C=Cc1ccc(OC(=O)c2ccc(OC(F)(F)C(F)F)cc2)cc1. The van der Waals surface area contributed by atoms with Crippen LogP contribution in [0, 0.1) is 0 Å². The van der Waals surface area contributed by atoms with Crippen molar-refractivity contribution < 1.29 is 31.8 Å². The molecule has 0 bridgehead atoms. The maximum atomic E-state index is 12.8. The molecule has 0 unspecified atom stereocenters. The number of carbonyl (C=O) groups excluding carboxylic acids is 1. The van der Waals surface area contributed by atoms with E-state index < -0.39 is 24.3 Å². The molecule has 0 fully saturated rings. The van der Waals surface area contributed by atoms with E-state index in [0.29, 0.717) is 0 Å². The standard InChI is InChI=1S/C17H12F4O3/c1-2-11-3-7-13(8-4-11)23-15(22)12-5-9-14(10-6-12)24-17(20,21)16(18)19/h2-10,16H,1H2. The molecule has 3 nitrogen and oxygen atoms in total. The van der Waals surface area contributed by atoms with E-state index in [4.69, 9.17) is 4.74 Å². The predicted octanol–water partition coefficient (Wildman–Crippen LogP) is 4.79. The Hall–Kier alpha value is -2.83. The molecule has 2 aromatic rings. The molecule has 2 aromatic carbocycles. The van der Waals surface area contributed by atoms with Gasteiger partial charge in [0.1, 0.15) is 11.5 Å². The van der Waals surface area contributed by atoms with Crippen molar-refractivity contribution in [2.24, 2.45) is 0 Å². The summed E-state index contributed by atoms with van der Waals surface area (Å²) in [5.74, 6) is -0.934. The predicted molar refractivity (Wildman–Crippen MR) is 79.5 cm³/mol. The summed E-state index contributed by atoms with van der Waals surface area (Å²) in [6.07, 6.45) is -6.94. The van der Waals surface area contributed by atoms with E-state index in [1.165, 1.54) is 0 Å². The average molecular weight is 340 g/mol. The van der Waals surface area contributed by atoms with Gasteiger partial charge in [0.25, 0.3) is 0 Å². The minimum absolute atomic E-state index is 0.0514. The first-order valence-corrected chi connectivity index (χ1v) is 6.71. The van der Waals surface area contributed by atoms with Gasteiger partial charge in [0.2, 0.25) is 0 Å². The van der Waals surface area contributed by atoms with Gasteiger partial charge in [-0.1, -0.05) is 24.8 Å². The number of esters is 1. The quantitative estimate of drug-likeness (QED) is 0.431. The number of rotatable bonds is 6. The van der Waals surface area contributed by atoms with Gasteiger partial charge < -0.3 is 9.47 Å². The van der Waals surface area contributed by atoms with Crippen molar-refractivity contribution in [2.45, 2.75) is 12.5 Å². The van der Waals surface area contributed by atoms with E-state index in [-0.39, 0.29) is 11.3 Å². The van der Waals surface area contributed by atoms with Crippen LogP contribution in [0.15, 0.2) is 55.1 Å². The third kappa shape index (κ3) is 4.34. The highest BCUT2D eigenvalue weighted by Crippen LogP contribution is 2.27. The summed E-state index contributed by atoms with van der Waals surface area (Å²) >= 11 is 0. The van der Waals surface area contributed by atoms with Gasteiger partial charge in [-0.3, -0.25) is 0 Å². The average Bonchev–Trinajstić information content (AvgIpc) is 2.55. The Morgan fingerprint density at radius 3 is 2.04 bits per heavy atom. The van der Waals surface area contributed by atoms with Crippen LogP contribution < -0.4 is 9.47 Å².